The number of benzene rings is 1. The summed E-state index contributed by atoms with van der Waals surface area (Å²) in [5.41, 5.74) is 1.16. The second-order valence-electron chi connectivity index (χ2n) is 5.46. The zero-order valence-electron chi connectivity index (χ0n) is 12.5. The maximum Gasteiger partial charge on any atom is 0.225 e. The van der Waals surface area contributed by atoms with E-state index < -0.39 is 6.23 Å². The summed E-state index contributed by atoms with van der Waals surface area (Å²) in [5, 5.41) is 0. The van der Waals surface area contributed by atoms with Crippen LogP contribution in [-0.4, -0.2) is 36.0 Å². The molecule has 1 aromatic carbocycles. The molecule has 1 saturated heterocycles. The van der Waals surface area contributed by atoms with Crippen molar-refractivity contribution in [3.63, 3.8) is 0 Å². The molecule has 0 bridgehead atoms. The molecule has 21 heavy (non-hydrogen) atoms. The van der Waals surface area contributed by atoms with E-state index in [2.05, 4.69) is 6.92 Å². The molecule has 1 aromatic rings. The quantitative estimate of drug-likeness (QED) is 0.572. The minimum Gasteiger partial charge on any atom is -0.349 e. The van der Waals surface area contributed by atoms with E-state index in [1.807, 2.05) is 30.3 Å². The molecule has 1 heterocycles. The first kappa shape index (κ1) is 15.7. The maximum atomic E-state index is 12.4. The topological polar surface area (TPSA) is 46.6 Å². The van der Waals surface area contributed by atoms with Crippen molar-refractivity contribution in [2.45, 2.75) is 51.3 Å². The van der Waals surface area contributed by atoms with Gasteiger partial charge in [-0.3, -0.25) is 9.59 Å². The number of hydrogen-bond donors (Lipinski definition) is 0. The van der Waals surface area contributed by atoms with Gasteiger partial charge in [0.2, 0.25) is 5.91 Å². The van der Waals surface area contributed by atoms with Gasteiger partial charge in [0.15, 0.2) is 12.5 Å². The number of carbonyl (C=O) groups is 2. The first-order chi connectivity index (χ1) is 10.3. The molecular weight excluding hydrogens is 266 g/mol. The second kappa shape index (κ2) is 7.93. The van der Waals surface area contributed by atoms with Gasteiger partial charge in [-0.15, -0.1) is 0 Å². The van der Waals surface area contributed by atoms with Gasteiger partial charge < -0.3 is 9.64 Å². The normalized spacial score (nSPS) is 21.5. The fourth-order valence-corrected chi connectivity index (χ4v) is 2.73. The van der Waals surface area contributed by atoms with Crippen LogP contribution in [-0.2, 0) is 20.7 Å². The predicted molar refractivity (Wildman–Crippen MR) is 80.7 cm³/mol. The molecule has 0 aliphatic carbocycles. The molecule has 0 saturated carbocycles. The molecule has 1 aliphatic rings. The molecule has 114 valence electrons. The average molecular weight is 289 g/mol. The van der Waals surface area contributed by atoms with Crippen LogP contribution in [0.5, 0.6) is 0 Å². The number of carbonyl (C=O) groups excluding carboxylic acids is 2. The molecule has 4 heteroatoms. The third-order valence-corrected chi connectivity index (χ3v) is 3.84. The maximum absolute atomic E-state index is 12.4. The van der Waals surface area contributed by atoms with Crippen LogP contribution in [0.1, 0.15) is 38.2 Å². The van der Waals surface area contributed by atoms with Gasteiger partial charge in [0.1, 0.15) is 0 Å². The summed E-state index contributed by atoms with van der Waals surface area (Å²) < 4.78 is 5.46. The van der Waals surface area contributed by atoms with Gasteiger partial charge in [-0.05, 0) is 18.4 Å². The Morgan fingerprint density at radius 1 is 1.33 bits per heavy atom. The van der Waals surface area contributed by atoms with Crippen LogP contribution >= 0.6 is 0 Å². The number of aldehydes is 1. The lowest BCUT2D eigenvalue weighted by Crippen LogP contribution is -2.43. The first-order valence-corrected chi connectivity index (χ1v) is 7.68. The van der Waals surface area contributed by atoms with Gasteiger partial charge >= 0.3 is 0 Å². The summed E-state index contributed by atoms with van der Waals surface area (Å²) in [5.74, 6) is 0.0268. The molecule has 4 nitrogen and oxygen atoms in total. The van der Waals surface area contributed by atoms with Crippen LogP contribution in [0.25, 0.3) is 0 Å². The smallest absolute Gasteiger partial charge is 0.225 e. The van der Waals surface area contributed by atoms with Crippen LogP contribution in [0.2, 0.25) is 0 Å². The highest BCUT2D eigenvalue weighted by Crippen LogP contribution is 2.21. The molecule has 0 aromatic heterocycles. The zero-order valence-corrected chi connectivity index (χ0v) is 12.5. The van der Waals surface area contributed by atoms with E-state index >= 15 is 0 Å². The lowest BCUT2D eigenvalue weighted by Gasteiger charge is -2.25. The molecule has 1 amide bonds. The minimum atomic E-state index is -0.715. The largest absolute Gasteiger partial charge is 0.349 e. The van der Waals surface area contributed by atoms with Gasteiger partial charge in [-0.25, -0.2) is 0 Å². The Kier molecular flexibility index (Phi) is 5.93. The van der Waals surface area contributed by atoms with Crippen molar-refractivity contribution in [2.24, 2.45) is 0 Å². The van der Waals surface area contributed by atoms with E-state index in [4.69, 9.17) is 4.74 Å². The Balaban J connectivity index is 2.01. The molecule has 2 unspecified atom stereocenters. The van der Waals surface area contributed by atoms with Gasteiger partial charge in [0.05, 0.1) is 12.6 Å². The van der Waals surface area contributed by atoms with Gasteiger partial charge in [-0.2, -0.15) is 0 Å². The molecule has 2 atom stereocenters. The number of ether oxygens (including phenoxy) is 1. The highest BCUT2D eigenvalue weighted by molar-refractivity contribution is 5.80. The van der Waals surface area contributed by atoms with E-state index in [-0.39, 0.29) is 11.9 Å². The molecule has 2 rings (SSSR count). The lowest BCUT2D eigenvalue weighted by atomic mass is 10.0. The number of nitrogens with zero attached hydrogens (tertiary/aromatic N) is 1. The van der Waals surface area contributed by atoms with Crippen molar-refractivity contribution in [2.75, 3.05) is 6.61 Å². The van der Waals surface area contributed by atoms with Crippen molar-refractivity contribution in [3.05, 3.63) is 35.9 Å². The van der Waals surface area contributed by atoms with Crippen molar-refractivity contribution >= 4 is 12.2 Å². The Morgan fingerprint density at radius 3 is 2.76 bits per heavy atom. The molecule has 0 radical (unpaired) electrons. The van der Waals surface area contributed by atoms with Crippen LogP contribution in [0.3, 0.4) is 0 Å². The number of rotatable bonds is 7. The third kappa shape index (κ3) is 4.14. The van der Waals surface area contributed by atoms with E-state index in [0.29, 0.717) is 13.0 Å². The number of hydrogen-bond acceptors (Lipinski definition) is 3. The summed E-state index contributed by atoms with van der Waals surface area (Å²) in [4.78, 5) is 25.1. The SMILES string of the molecule is CCCCCC(=O)N1C(Cc2ccccc2)COC1C=O. The number of amides is 1. The van der Waals surface area contributed by atoms with Crippen molar-refractivity contribution in [1.29, 1.82) is 0 Å². The Bertz CT molecular complexity index is 460. The predicted octanol–water partition coefficient (Wildman–Crippen LogP) is 2.56. The highest BCUT2D eigenvalue weighted by Gasteiger charge is 2.37. The van der Waals surface area contributed by atoms with Crippen molar-refractivity contribution < 1.29 is 14.3 Å². The molecular formula is C17H23NO3. The Hall–Kier alpha value is -1.68. The second-order valence-corrected chi connectivity index (χ2v) is 5.46. The van der Waals surface area contributed by atoms with Crippen LogP contribution in [0.4, 0.5) is 0 Å². The summed E-state index contributed by atoms with van der Waals surface area (Å²) in [6.07, 6.45) is 4.22. The standard InChI is InChI=1S/C17H23NO3/c1-2-3-5-10-16(20)18-15(13-21-17(18)12-19)11-14-8-6-4-7-9-14/h4,6-9,12,15,17H,2-3,5,10-11,13H2,1H3. The van der Waals surface area contributed by atoms with E-state index in [1.165, 1.54) is 0 Å². The van der Waals surface area contributed by atoms with Crippen LogP contribution < -0.4 is 0 Å². The monoisotopic (exact) mass is 289 g/mol. The zero-order chi connectivity index (χ0) is 15.1. The van der Waals surface area contributed by atoms with E-state index in [0.717, 1.165) is 37.5 Å². The average Bonchev–Trinajstić information content (AvgIpc) is 2.91. The van der Waals surface area contributed by atoms with E-state index in [9.17, 15) is 9.59 Å². The first-order valence-electron chi connectivity index (χ1n) is 7.68. The van der Waals surface area contributed by atoms with E-state index in [1.54, 1.807) is 4.90 Å². The highest BCUT2D eigenvalue weighted by atomic mass is 16.5. The summed E-state index contributed by atoms with van der Waals surface area (Å²) in [6, 6.07) is 9.96. The minimum absolute atomic E-state index is 0.0268. The molecule has 1 aliphatic heterocycles. The summed E-state index contributed by atoms with van der Waals surface area (Å²) in [6.45, 7) is 2.54. The van der Waals surface area contributed by atoms with Crippen molar-refractivity contribution in [3.8, 4) is 0 Å². The fraction of sp³-hybridized carbons (Fsp3) is 0.529. The van der Waals surface area contributed by atoms with Gasteiger partial charge in [0, 0.05) is 6.42 Å². The molecule has 0 spiro atoms. The molecule has 1 fully saturated rings. The molecule has 0 N–H and O–H groups in total. The van der Waals surface area contributed by atoms with Crippen LogP contribution in [0.15, 0.2) is 30.3 Å². The lowest BCUT2D eigenvalue weighted by molar-refractivity contribution is -0.142. The Labute approximate surface area is 126 Å². The Morgan fingerprint density at radius 2 is 2.10 bits per heavy atom. The summed E-state index contributed by atoms with van der Waals surface area (Å²) in [7, 11) is 0. The fourth-order valence-electron chi connectivity index (χ4n) is 2.73. The van der Waals surface area contributed by atoms with Crippen LogP contribution in [0, 0.1) is 0 Å². The van der Waals surface area contributed by atoms with Gasteiger partial charge in [-0.1, -0.05) is 50.1 Å². The number of unbranched alkanes of at least 4 members (excludes halogenated alkanes) is 2. The summed E-state index contributed by atoms with van der Waals surface area (Å²) >= 11 is 0. The van der Waals surface area contributed by atoms with Crippen molar-refractivity contribution in [1.82, 2.24) is 4.90 Å². The third-order valence-electron chi connectivity index (χ3n) is 3.84. The van der Waals surface area contributed by atoms with Gasteiger partial charge in [0.25, 0.3) is 0 Å².